The Labute approximate surface area is 164 Å². The van der Waals surface area contributed by atoms with Crippen molar-refractivity contribution in [2.24, 2.45) is 0 Å². The van der Waals surface area contributed by atoms with Gasteiger partial charge in [-0.05, 0) is 40.1 Å². The minimum atomic E-state index is 0.674. The van der Waals surface area contributed by atoms with Crippen molar-refractivity contribution in [2.75, 3.05) is 11.5 Å². The molecule has 4 rings (SSSR count). The van der Waals surface area contributed by atoms with Crippen molar-refractivity contribution >= 4 is 23.5 Å². The van der Waals surface area contributed by atoms with Crippen LogP contribution in [0.25, 0.3) is 23.3 Å². The summed E-state index contributed by atoms with van der Waals surface area (Å²) in [6, 6.07) is 25.8. The molecule has 5 nitrogen and oxygen atoms in total. The van der Waals surface area contributed by atoms with Crippen molar-refractivity contribution in [3.05, 3.63) is 102 Å². The van der Waals surface area contributed by atoms with Gasteiger partial charge in [0.15, 0.2) is 0 Å². The SMILES string of the molecule is Nc1cc(N)c(C=Cc2ccccc2)c(-c2ccccc2)c1.c1cnnnc1. The Morgan fingerprint density at radius 1 is 0.679 bits per heavy atom. The van der Waals surface area contributed by atoms with E-state index in [1.165, 1.54) is 0 Å². The summed E-state index contributed by atoms with van der Waals surface area (Å²) in [6.07, 6.45) is 7.26. The number of nitrogens with zero attached hydrogens (tertiary/aromatic N) is 3. The zero-order valence-corrected chi connectivity index (χ0v) is 15.3. The van der Waals surface area contributed by atoms with E-state index >= 15 is 0 Å². The fourth-order valence-corrected chi connectivity index (χ4v) is 2.69. The first-order valence-electron chi connectivity index (χ1n) is 8.80. The maximum absolute atomic E-state index is 6.19. The molecule has 0 saturated carbocycles. The molecule has 4 N–H and O–H groups in total. The molecule has 0 atom stereocenters. The van der Waals surface area contributed by atoms with E-state index in [4.69, 9.17) is 11.5 Å². The predicted octanol–water partition coefficient (Wildman–Crippen LogP) is 4.56. The highest BCUT2D eigenvalue weighted by atomic mass is 15.3. The number of nitrogens with two attached hydrogens (primary N) is 2. The number of benzene rings is 3. The van der Waals surface area contributed by atoms with Crippen LogP contribution in [0.5, 0.6) is 0 Å². The molecule has 0 aliphatic carbocycles. The molecule has 0 bridgehead atoms. The largest absolute Gasteiger partial charge is 0.399 e. The third-order valence-electron chi connectivity index (χ3n) is 3.97. The molecule has 28 heavy (non-hydrogen) atoms. The fraction of sp³-hybridized carbons (Fsp3) is 0. The lowest BCUT2D eigenvalue weighted by Crippen LogP contribution is -1.96. The molecular weight excluding hydrogens is 346 g/mol. The first-order chi connectivity index (χ1) is 13.7. The summed E-state index contributed by atoms with van der Waals surface area (Å²) in [4.78, 5) is 0. The highest BCUT2D eigenvalue weighted by molar-refractivity contribution is 5.88. The van der Waals surface area contributed by atoms with Crippen molar-refractivity contribution in [3.8, 4) is 11.1 Å². The first kappa shape index (κ1) is 18.8. The van der Waals surface area contributed by atoms with E-state index < -0.39 is 0 Å². The minimum Gasteiger partial charge on any atom is -0.399 e. The smallest absolute Gasteiger partial charge is 0.0529 e. The topological polar surface area (TPSA) is 90.7 Å². The average Bonchev–Trinajstić information content (AvgIpc) is 2.76. The summed E-state index contributed by atoms with van der Waals surface area (Å²) < 4.78 is 0. The van der Waals surface area contributed by atoms with Crippen molar-refractivity contribution in [1.29, 1.82) is 0 Å². The molecular formula is C23H21N5. The molecule has 1 aromatic heterocycles. The molecule has 0 spiro atoms. The number of anilines is 2. The zero-order valence-electron chi connectivity index (χ0n) is 15.3. The van der Waals surface area contributed by atoms with Crippen LogP contribution in [0.3, 0.4) is 0 Å². The Hall–Kier alpha value is -3.99. The van der Waals surface area contributed by atoms with Gasteiger partial charge in [0.05, 0.1) is 12.4 Å². The van der Waals surface area contributed by atoms with Gasteiger partial charge in [-0.25, -0.2) is 0 Å². The second kappa shape index (κ2) is 9.64. The molecule has 4 aromatic rings. The van der Waals surface area contributed by atoms with Crippen molar-refractivity contribution in [2.45, 2.75) is 0 Å². The van der Waals surface area contributed by atoms with Crippen LogP contribution in [-0.2, 0) is 0 Å². The monoisotopic (exact) mass is 367 g/mol. The van der Waals surface area contributed by atoms with Gasteiger partial charge in [0.25, 0.3) is 0 Å². The third kappa shape index (κ3) is 5.25. The molecule has 3 aromatic carbocycles. The molecule has 5 heteroatoms. The lowest BCUT2D eigenvalue weighted by molar-refractivity contribution is 0.865. The van der Waals surface area contributed by atoms with Crippen LogP contribution < -0.4 is 11.5 Å². The lowest BCUT2D eigenvalue weighted by atomic mass is 9.96. The van der Waals surface area contributed by atoms with E-state index in [9.17, 15) is 0 Å². The van der Waals surface area contributed by atoms with E-state index in [2.05, 4.69) is 45.8 Å². The van der Waals surface area contributed by atoms with E-state index in [1.807, 2.05) is 48.5 Å². The van der Waals surface area contributed by atoms with Gasteiger partial charge >= 0.3 is 0 Å². The van der Waals surface area contributed by atoms with Crippen LogP contribution in [0.2, 0.25) is 0 Å². The summed E-state index contributed by atoms with van der Waals surface area (Å²) in [6.45, 7) is 0. The van der Waals surface area contributed by atoms with Crippen LogP contribution in [0, 0.1) is 0 Å². The van der Waals surface area contributed by atoms with Crippen molar-refractivity contribution in [1.82, 2.24) is 15.4 Å². The first-order valence-corrected chi connectivity index (χ1v) is 8.80. The Kier molecular flexibility index (Phi) is 6.47. The maximum Gasteiger partial charge on any atom is 0.0529 e. The molecule has 0 fully saturated rings. The van der Waals surface area contributed by atoms with Gasteiger partial charge in [0.1, 0.15) is 0 Å². The average molecular weight is 367 g/mol. The quantitative estimate of drug-likeness (QED) is 0.409. The lowest BCUT2D eigenvalue weighted by Gasteiger charge is -2.11. The maximum atomic E-state index is 6.19. The molecule has 0 amide bonds. The Balaban J connectivity index is 0.000000320. The van der Waals surface area contributed by atoms with Crippen LogP contribution in [-0.4, -0.2) is 15.4 Å². The summed E-state index contributed by atoms with van der Waals surface area (Å²) in [5, 5.41) is 10.1. The number of nitrogen functional groups attached to an aromatic ring is 2. The van der Waals surface area contributed by atoms with Crippen LogP contribution in [0.15, 0.2) is 91.3 Å². The Morgan fingerprint density at radius 2 is 1.32 bits per heavy atom. The van der Waals surface area contributed by atoms with Crippen molar-refractivity contribution in [3.63, 3.8) is 0 Å². The van der Waals surface area contributed by atoms with Gasteiger partial charge in [0.2, 0.25) is 0 Å². The van der Waals surface area contributed by atoms with Gasteiger partial charge in [0, 0.05) is 16.9 Å². The highest BCUT2D eigenvalue weighted by Crippen LogP contribution is 2.32. The fourth-order valence-electron chi connectivity index (χ4n) is 2.69. The molecule has 0 unspecified atom stereocenters. The number of hydrogen-bond donors (Lipinski definition) is 2. The van der Waals surface area contributed by atoms with Crippen molar-refractivity contribution < 1.29 is 0 Å². The molecule has 138 valence electrons. The van der Waals surface area contributed by atoms with Crippen LogP contribution >= 0.6 is 0 Å². The summed E-state index contributed by atoms with van der Waals surface area (Å²) >= 11 is 0. The molecule has 0 aliphatic heterocycles. The number of aromatic nitrogens is 3. The third-order valence-corrected chi connectivity index (χ3v) is 3.97. The Bertz CT molecular complexity index is 990. The standard InChI is InChI=1S/C20H18N2.C3H3N3/c21-17-13-19(16-9-5-2-6-10-16)18(20(22)14-17)12-11-15-7-3-1-4-8-15;1-2-4-6-5-3-1/h1-14H,21-22H2;1-3H. The van der Waals surface area contributed by atoms with Crippen LogP contribution in [0.4, 0.5) is 11.4 Å². The van der Waals surface area contributed by atoms with E-state index in [-0.39, 0.29) is 0 Å². The molecule has 0 aliphatic rings. The van der Waals surface area contributed by atoms with E-state index in [1.54, 1.807) is 24.5 Å². The number of rotatable bonds is 3. The van der Waals surface area contributed by atoms with Gasteiger partial charge < -0.3 is 11.5 Å². The zero-order chi connectivity index (χ0) is 19.6. The molecule has 0 radical (unpaired) electrons. The Morgan fingerprint density at radius 3 is 1.89 bits per heavy atom. The summed E-state index contributed by atoms with van der Waals surface area (Å²) in [5.41, 5.74) is 17.8. The highest BCUT2D eigenvalue weighted by Gasteiger charge is 2.07. The number of hydrogen-bond acceptors (Lipinski definition) is 5. The normalized spacial score (nSPS) is 10.3. The molecule has 0 saturated heterocycles. The van der Waals surface area contributed by atoms with E-state index in [0.29, 0.717) is 11.4 Å². The minimum absolute atomic E-state index is 0.674. The van der Waals surface area contributed by atoms with Gasteiger partial charge in [-0.15, -0.1) is 10.2 Å². The van der Waals surface area contributed by atoms with E-state index in [0.717, 1.165) is 22.3 Å². The second-order valence-corrected chi connectivity index (χ2v) is 5.99. The van der Waals surface area contributed by atoms with Gasteiger partial charge in [-0.2, -0.15) is 0 Å². The summed E-state index contributed by atoms with van der Waals surface area (Å²) in [5.74, 6) is 0. The molecule has 1 heterocycles. The van der Waals surface area contributed by atoms with Crippen LogP contribution in [0.1, 0.15) is 11.1 Å². The second-order valence-electron chi connectivity index (χ2n) is 5.99. The predicted molar refractivity (Wildman–Crippen MR) is 116 cm³/mol. The summed E-state index contributed by atoms with van der Waals surface area (Å²) in [7, 11) is 0. The van der Waals surface area contributed by atoms with Gasteiger partial charge in [-0.1, -0.05) is 72.8 Å². The van der Waals surface area contributed by atoms with Gasteiger partial charge in [-0.3, -0.25) is 0 Å².